The highest BCUT2D eigenvalue weighted by atomic mass is 79.9. The Labute approximate surface area is 186 Å². The van der Waals surface area contributed by atoms with E-state index in [9.17, 15) is 10.2 Å². The molecule has 0 amide bonds. The number of epoxide rings is 1. The summed E-state index contributed by atoms with van der Waals surface area (Å²) in [6, 6.07) is 6.76. The Morgan fingerprint density at radius 2 is 2.07 bits per heavy atom. The molecular weight excluding hydrogens is 446 g/mol. The molecule has 1 saturated carbocycles. The predicted octanol–water partition coefficient (Wildman–Crippen LogP) is 2.53. The van der Waals surface area contributed by atoms with Crippen LogP contribution in [-0.2, 0) is 10.3 Å². The number of aliphatic hydroxyl groups is 2. The molecule has 7 heteroatoms. The molecule has 4 fully saturated rings. The highest BCUT2D eigenvalue weighted by Crippen LogP contribution is 2.79. The van der Waals surface area contributed by atoms with Crippen molar-refractivity contribution >= 4 is 21.6 Å². The van der Waals surface area contributed by atoms with E-state index < -0.39 is 27.9 Å². The van der Waals surface area contributed by atoms with Crippen LogP contribution in [0.3, 0.4) is 0 Å². The SMILES string of the molecule is CN[C@]12CN3[C@H](C[C@H](O)C[C@@H]3C)C[C@]1(O)C(C)(C)[C@]13Nc4c(Br)cccc4[C@@]1(C2)O3. The van der Waals surface area contributed by atoms with Gasteiger partial charge in [-0.2, -0.15) is 0 Å². The Bertz CT molecular complexity index is 942. The van der Waals surface area contributed by atoms with Gasteiger partial charge in [-0.15, -0.1) is 0 Å². The third-order valence-electron chi connectivity index (χ3n) is 9.52. The number of hydrogen-bond acceptors (Lipinski definition) is 6. The normalized spacial score (nSPS) is 50.4. The second-order valence-corrected chi connectivity index (χ2v) is 11.8. The zero-order chi connectivity index (χ0) is 21.3. The first-order valence-corrected chi connectivity index (χ1v) is 12.0. The number of anilines is 1. The number of fused-ring (bicyclic) bond motifs is 3. The summed E-state index contributed by atoms with van der Waals surface area (Å²) >= 11 is 3.71. The van der Waals surface area contributed by atoms with Crippen LogP contribution in [0.1, 0.15) is 52.0 Å². The molecule has 1 aliphatic carbocycles. The maximum absolute atomic E-state index is 12.6. The summed E-state index contributed by atoms with van der Waals surface area (Å²) in [6.45, 7) is 7.28. The summed E-state index contributed by atoms with van der Waals surface area (Å²) < 4.78 is 7.71. The average molecular weight is 478 g/mol. The third kappa shape index (κ3) is 1.92. The van der Waals surface area contributed by atoms with Crippen molar-refractivity contribution in [3.8, 4) is 0 Å². The molecule has 4 aliphatic heterocycles. The molecule has 164 valence electrons. The van der Waals surface area contributed by atoms with Crippen molar-refractivity contribution in [1.29, 1.82) is 0 Å². The number of nitrogens with zero attached hydrogens (tertiary/aromatic N) is 1. The summed E-state index contributed by atoms with van der Waals surface area (Å²) in [7, 11) is 1.99. The van der Waals surface area contributed by atoms with Gasteiger partial charge in [0, 0.05) is 40.5 Å². The van der Waals surface area contributed by atoms with Crippen LogP contribution in [0, 0.1) is 5.41 Å². The molecule has 6 nitrogen and oxygen atoms in total. The van der Waals surface area contributed by atoms with E-state index in [1.165, 1.54) is 5.56 Å². The summed E-state index contributed by atoms with van der Waals surface area (Å²) in [4.78, 5) is 2.52. The van der Waals surface area contributed by atoms with Crippen LogP contribution in [0.5, 0.6) is 0 Å². The van der Waals surface area contributed by atoms with E-state index >= 15 is 0 Å². The largest absolute Gasteiger partial charge is 0.393 e. The number of nitrogens with one attached hydrogen (secondary N) is 2. The second kappa shape index (κ2) is 5.61. The van der Waals surface area contributed by atoms with E-state index in [4.69, 9.17) is 4.74 Å². The Morgan fingerprint density at radius 3 is 2.80 bits per heavy atom. The number of piperidine rings is 2. The second-order valence-electron chi connectivity index (χ2n) is 10.9. The molecule has 0 radical (unpaired) electrons. The van der Waals surface area contributed by atoms with Gasteiger partial charge in [0.15, 0.2) is 5.72 Å². The first-order chi connectivity index (χ1) is 14.1. The molecule has 6 rings (SSSR count). The van der Waals surface area contributed by atoms with Gasteiger partial charge in [0.25, 0.3) is 0 Å². The molecule has 0 unspecified atom stereocenters. The number of benzene rings is 1. The van der Waals surface area contributed by atoms with Crippen LogP contribution >= 0.6 is 15.9 Å². The number of para-hydroxylation sites is 1. The van der Waals surface area contributed by atoms with Crippen LogP contribution in [-0.4, -0.2) is 63.8 Å². The summed E-state index contributed by atoms with van der Waals surface area (Å²) in [5, 5.41) is 30.3. The van der Waals surface area contributed by atoms with Crippen molar-refractivity contribution in [2.45, 2.75) is 87.1 Å². The summed E-state index contributed by atoms with van der Waals surface area (Å²) in [5.41, 5.74) is -0.850. The Kier molecular flexibility index (Phi) is 3.73. The monoisotopic (exact) mass is 477 g/mol. The molecule has 0 bridgehead atoms. The Morgan fingerprint density at radius 1 is 1.30 bits per heavy atom. The van der Waals surface area contributed by atoms with Crippen LogP contribution in [0.25, 0.3) is 0 Å². The van der Waals surface area contributed by atoms with Gasteiger partial charge < -0.3 is 25.6 Å². The fraction of sp³-hybridized carbons (Fsp3) is 0.739. The van der Waals surface area contributed by atoms with Gasteiger partial charge in [-0.25, -0.2) is 0 Å². The minimum absolute atomic E-state index is 0.174. The van der Waals surface area contributed by atoms with Crippen molar-refractivity contribution in [3.63, 3.8) is 0 Å². The molecule has 30 heavy (non-hydrogen) atoms. The van der Waals surface area contributed by atoms with Gasteiger partial charge in [-0.1, -0.05) is 26.0 Å². The topological polar surface area (TPSA) is 80.3 Å². The number of halogens is 1. The number of likely N-dealkylation sites (N-methyl/N-ethyl adjacent to an activating group) is 1. The van der Waals surface area contributed by atoms with E-state index in [1.807, 2.05) is 7.05 Å². The minimum atomic E-state index is -0.992. The van der Waals surface area contributed by atoms with E-state index in [0.717, 1.165) is 29.5 Å². The molecule has 0 spiro atoms. The van der Waals surface area contributed by atoms with E-state index in [0.29, 0.717) is 18.9 Å². The molecule has 4 heterocycles. The van der Waals surface area contributed by atoms with Gasteiger partial charge in [-0.05, 0) is 55.2 Å². The molecular formula is C23H32BrN3O3. The van der Waals surface area contributed by atoms with Gasteiger partial charge >= 0.3 is 0 Å². The quantitative estimate of drug-likeness (QED) is 0.465. The van der Waals surface area contributed by atoms with E-state index in [2.05, 4.69) is 70.4 Å². The lowest BCUT2D eigenvalue weighted by Gasteiger charge is -2.66. The van der Waals surface area contributed by atoms with Crippen molar-refractivity contribution in [3.05, 3.63) is 28.2 Å². The van der Waals surface area contributed by atoms with Crippen molar-refractivity contribution in [1.82, 2.24) is 10.2 Å². The molecule has 1 aromatic carbocycles. The smallest absolute Gasteiger partial charge is 0.181 e. The molecule has 7 atom stereocenters. The maximum Gasteiger partial charge on any atom is 0.181 e. The lowest BCUT2D eigenvalue weighted by molar-refractivity contribution is -0.225. The standard InChI is InChI=1S/C23H32BrN3O3/c1-13-8-15(28)9-14-10-22(29)19(2,3)23-21(30-23,11-20(22,25-4)12-27(13)14)16-6-5-7-17(24)18(16)26-23/h5-7,13-15,25-26,28-29H,8-12H2,1-4H3/t13-,14+,15+,20+,21+,22-,23+/m0/s1. The van der Waals surface area contributed by atoms with Gasteiger partial charge in [0.05, 0.1) is 22.9 Å². The highest BCUT2D eigenvalue weighted by Gasteiger charge is 2.91. The zero-order valence-electron chi connectivity index (χ0n) is 18.1. The molecule has 1 aromatic rings. The molecule has 0 aromatic heterocycles. The number of hydrogen-bond donors (Lipinski definition) is 4. The number of ether oxygens (including phenoxy) is 1. The number of aliphatic hydroxyl groups excluding tert-OH is 1. The summed E-state index contributed by atoms with van der Waals surface area (Å²) in [6.07, 6.45) is 2.56. The Hall–Kier alpha value is -0.700. The van der Waals surface area contributed by atoms with Gasteiger partial charge in [0.1, 0.15) is 5.60 Å². The molecule has 3 saturated heterocycles. The van der Waals surface area contributed by atoms with Crippen molar-refractivity contribution in [2.75, 3.05) is 18.9 Å². The molecule has 5 aliphatic rings. The fourth-order valence-corrected chi connectivity index (χ4v) is 8.33. The molecule has 4 N–H and O–H groups in total. The Balaban J connectivity index is 1.52. The zero-order valence-corrected chi connectivity index (χ0v) is 19.7. The summed E-state index contributed by atoms with van der Waals surface area (Å²) in [5.74, 6) is 0. The van der Waals surface area contributed by atoms with E-state index in [-0.39, 0.29) is 12.1 Å². The first-order valence-electron chi connectivity index (χ1n) is 11.2. The van der Waals surface area contributed by atoms with Crippen molar-refractivity contribution < 1.29 is 14.9 Å². The van der Waals surface area contributed by atoms with Crippen LogP contribution in [0.4, 0.5) is 5.69 Å². The predicted molar refractivity (Wildman–Crippen MR) is 118 cm³/mol. The van der Waals surface area contributed by atoms with Crippen LogP contribution in [0.15, 0.2) is 22.7 Å². The highest BCUT2D eigenvalue weighted by molar-refractivity contribution is 9.10. The minimum Gasteiger partial charge on any atom is -0.393 e. The van der Waals surface area contributed by atoms with Crippen molar-refractivity contribution in [2.24, 2.45) is 5.41 Å². The average Bonchev–Trinajstić information content (AvgIpc) is 3.25. The lowest BCUT2D eigenvalue weighted by atomic mass is 9.48. The third-order valence-corrected chi connectivity index (χ3v) is 10.2. The number of rotatable bonds is 1. The van der Waals surface area contributed by atoms with E-state index in [1.54, 1.807) is 0 Å². The van der Waals surface area contributed by atoms with Gasteiger partial charge in [0.2, 0.25) is 0 Å². The maximum atomic E-state index is 12.6. The lowest BCUT2D eigenvalue weighted by Crippen LogP contribution is -2.83. The first kappa shape index (κ1) is 19.9. The van der Waals surface area contributed by atoms with Gasteiger partial charge in [-0.3, -0.25) is 4.90 Å². The van der Waals surface area contributed by atoms with Crippen LogP contribution < -0.4 is 10.6 Å². The fourth-order valence-electron chi connectivity index (χ4n) is 7.86. The van der Waals surface area contributed by atoms with Crippen LogP contribution in [0.2, 0.25) is 0 Å².